The van der Waals surface area contributed by atoms with Crippen molar-refractivity contribution in [3.8, 4) is 0 Å². The quantitative estimate of drug-likeness (QED) is 0.902. The number of aryl methyl sites for hydroxylation is 1. The first kappa shape index (κ1) is 17.5. The molecular formula is C19H26FN5. The SMILES string of the molecule is Cc1cc(N2CCN(c3ccccc3F)CC2)nc(NCC(C)C)n1. The van der Waals surface area contributed by atoms with Crippen molar-refractivity contribution in [1.82, 2.24) is 9.97 Å². The fraction of sp³-hybridized carbons (Fsp3) is 0.474. The normalized spacial score (nSPS) is 14.9. The Bertz CT molecular complexity index is 711. The largest absolute Gasteiger partial charge is 0.366 e. The maximum atomic E-state index is 14.0. The van der Waals surface area contributed by atoms with E-state index in [1.54, 1.807) is 6.07 Å². The first-order chi connectivity index (χ1) is 12.0. The lowest BCUT2D eigenvalue weighted by molar-refractivity contribution is 0.596. The zero-order chi connectivity index (χ0) is 17.8. The number of hydrogen-bond acceptors (Lipinski definition) is 5. The molecule has 1 aromatic carbocycles. The van der Waals surface area contributed by atoms with E-state index in [1.807, 2.05) is 25.1 Å². The van der Waals surface area contributed by atoms with Crippen LogP contribution in [-0.2, 0) is 0 Å². The van der Waals surface area contributed by atoms with Crippen molar-refractivity contribution in [1.29, 1.82) is 0 Å². The van der Waals surface area contributed by atoms with Gasteiger partial charge >= 0.3 is 0 Å². The highest BCUT2D eigenvalue weighted by Crippen LogP contribution is 2.22. The monoisotopic (exact) mass is 343 g/mol. The molecule has 5 nitrogen and oxygen atoms in total. The number of benzene rings is 1. The van der Waals surface area contributed by atoms with Crippen LogP contribution < -0.4 is 15.1 Å². The summed E-state index contributed by atoms with van der Waals surface area (Å²) in [5, 5.41) is 3.30. The Balaban J connectivity index is 1.67. The van der Waals surface area contributed by atoms with Crippen LogP contribution in [0.4, 0.5) is 21.8 Å². The van der Waals surface area contributed by atoms with Crippen molar-refractivity contribution in [2.75, 3.05) is 47.8 Å². The Labute approximate surface area is 148 Å². The minimum Gasteiger partial charge on any atom is -0.366 e. The first-order valence-corrected chi connectivity index (χ1v) is 8.87. The molecule has 1 saturated heterocycles. The maximum Gasteiger partial charge on any atom is 0.224 e. The standard InChI is InChI=1S/C19H26FN5/c1-14(2)13-21-19-22-15(3)12-18(23-19)25-10-8-24(9-11-25)17-7-5-4-6-16(17)20/h4-7,12,14H,8-11,13H2,1-3H3,(H,21,22,23). The Morgan fingerprint density at radius 1 is 1.08 bits per heavy atom. The number of halogens is 1. The third-order valence-corrected chi connectivity index (χ3v) is 4.31. The molecule has 6 heteroatoms. The molecule has 0 bridgehead atoms. The molecule has 1 aliphatic rings. The lowest BCUT2D eigenvalue weighted by Crippen LogP contribution is -2.47. The smallest absolute Gasteiger partial charge is 0.224 e. The lowest BCUT2D eigenvalue weighted by Gasteiger charge is -2.37. The van der Waals surface area contributed by atoms with E-state index in [4.69, 9.17) is 0 Å². The number of nitrogens with one attached hydrogen (secondary N) is 1. The Kier molecular flexibility index (Phi) is 5.36. The maximum absolute atomic E-state index is 14.0. The van der Waals surface area contributed by atoms with Gasteiger partial charge in [0, 0.05) is 44.5 Å². The molecule has 0 radical (unpaired) electrons. The van der Waals surface area contributed by atoms with Crippen molar-refractivity contribution in [2.24, 2.45) is 5.92 Å². The van der Waals surface area contributed by atoms with E-state index in [0.717, 1.165) is 44.2 Å². The van der Waals surface area contributed by atoms with Crippen molar-refractivity contribution < 1.29 is 4.39 Å². The Morgan fingerprint density at radius 3 is 2.44 bits per heavy atom. The minimum atomic E-state index is -0.158. The van der Waals surface area contributed by atoms with E-state index in [-0.39, 0.29) is 5.82 Å². The van der Waals surface area contributed by atoms with Gasteiger partial charge in [0.1, 0.15) is 11.6 Å². The highest BCUT2D eigenvalue weighted by atomic mass is 19.1. The fourth-order valence-electron chi connectivity index (χ4n) is 2.97. The second-order valence-corrected chi connectivity index (χ2v) is 6.89. The van der Waals surface area contributed by atoms with Crippen molar-refractivity contribution in [3.63, 3.8) is 0 Å². The van der Waals surface area contributed by atoms with E-state index in [2.05, 4.69) is 38.9 Å². The van der Waals surface area contributed by atoms with Crippen LogP contribution in [0.5, 0.6) is 0 Å². The van der Waals surface area contributed by atoms with Gasteiger partial charge in [-0.15, -0.1) is 0 Å². The van der Waals surface area contributed by atoms with E-state index in [9.17, 15) is 4.39 Å². The predicted octanol–water partition coefficient (Wildman–Crippen LogP) is 3.32. The molecule has 25 heavy (non-hydrogen) atoms. The molecule has 2 aromatic rings. The number of rotatable bonds is 5. The van der Waals surface area contributed by atoms with Crippen LogP contribution in [0.3, 0.4) is 0 Å². The molecule has 3 rings (SSSR count). The van der Waals surface area contributed by atoms with E-state index in [1.165, 1.54) is 6.07 Å². The molecule has 1 N–H and O–H groups in total. The second-order valence-electron chi connectivity index (χ2n) is 6.89. The predicted molar refractivity (Wildman–Crippen MR) is 101 cm³/mol. The first-order valence-electron chi connectivity index (χ1n) is 8.87. The summed E-state index contributed by atoms with van der Waals surface area (Å²) in [7, 11) is 0. The van der Waals surface area contributed by atoms with Crippen molar-refractivity contribution >= 4 is 17.5 Å². The lowest BCUT2D eigenvalue weighted by atomic mass is 10.2. The minimum absolute atomic E-state index is 0.158. The third-order valence-electron chi connectivity index (χ3n) is 4.31. The number of anilines is 3. The van der Waals surface area contributed by atoms with Gasteiger partial charge in [0.15, 0.2) is 0 Å². The number of piperazine rings is 1. The van der Waals surface area contributed by atoms with Gasteiger partial charge in [-0.2, -0.15) is 4.98 Å². The van der Waals surface area contributed by atoms with Gasteiger partial charge in [0.2, 0.25) is 5.95 Å². The van der Waals surface area contributed by atoms with E-state index < -0.39 is 0 Å². The Morgan fingerprint density at radius 2 is 1.76 bits per heavy atom. The van der Waals surface area contributed by atoms with Gasteiger partial charge in [-0.05, 0) is 25.0 Å². The van der Waals surface area contributed by atoms with Gasteiger partial charge in [0.05, 0.1) is 5.69 Å². The molecular weight excluding hydrogens is 317 g/mol. The summed E-state index contributed by atoms with van der Waals surface area (Å²) in [4.78, 5) is 13.5. The molecule has 1 fully saturated rings. The summed E-state index contributed by atoms with van der Waals surface area (Å²) in [6, 6.07) is 8.98. The fourth-order valence-corrected chi connectivity index (χ4v) is 2.97. The zero-order valence-corrected chi connectivity index (χ0v) is 15.2. The van der Waals surface area contributed by atoms with E-state index in [0.29, 0.717) is 17.6 Å². The molecule has 0 atom stereocenters. The molecule has 1 aliphatic heterocycles. The second kappa shape index (κ2) is 7.68. The third kappa shape index (κ3) is 4.38. The van der Waals surface area contributed by atoms with Gasteiger partial charge < -0.3 is 15.1 Å². The van der Waals surface area contributed by atoms with E-state index >= 15 is 0 Å². The highest BCUT2D eigenvalue weighted by molar-refractivity contribution is 5.51. The summed E-state index contributed by atoms with van der Waals surface area (Å²) in [6.45, 7) is 10.3. The molecule has 134 valence electrons. The summed E-state index contributed by atoms with van der Waals surface area (Å²) >= 11 is 0. The molecule has 0 spiro atoms. The van der Waals surface area contributed by atoms with Gasteiger partial charge in [-0.25, -0.2) is 9.37 Å². The summed E-state index contributed by atoms with van der Waals surface area (Å²) < 4.78 is 14.0. The summed E-state index contributed by atoms with van der Waals surface area (Å²) in [5.41, 5.74) is 1.63. The van der Waals surface area contributed by atoms with Crippen LogP contribution in [0.2, 0.25) is 0 Å². The number of aromatic nitrogens is 2. The van der Waals surface area contributed by atoms with Gasteiger partial charge in [-0.3, -0.25) is 0 Å². The van der Waals surface area contributed by atoms with Crippen LogP contribution in [0.15, 0.2) is 30.3 Å². The summed E-state index contributed by atoms with van der Waals surface area (Å²) in [5.74, 6) is 2.00. The Hall–Kier alpha value is -2.37. The molecule has 0 aliphatic carbocycles. The van der Waals surface area contributed by atoms with Crippen LogP contribution in [0.1, 0.15) is 19.5 Å². The van der Waals surface area contributed by atoms with Crippen molar-refractivity contribution in [2.45, 2.75) is 20.8 Å². The molecule has 2 heterocycles. The van der Waals surface area contributed by atoms with Crippen LogP contribution in [0.25, 0.3) is 0 Å². The summed E-state index contributed by atoms with van der Waals surface area (Å²) in [6.07, 6.45) is 0. The van der Waals surface area contributed by atoms with Gasteiger partial charge in [-0.1, -0.05) is 26.0 Å². The molecule has 0 unspecified atom stereocenters. The van der Waals surface area contributed by atoms with Crippen LogP contribution in [-0.4, -0.2) is 42.7 Å². The topological polar surface area (TPSA) is 44.3 Å². The molecule has 1 aromatic heterocycles. The zero-order valence-electron chi connectivity index (χ0n) is 15.2. The number of nitrogens with zero attached hydrogens (tertiary/aromatic N) is 4. The van der Waals surface area contributed by atoms with Crippen LogP contribution in [0, 0.1) is 18.7 Å². The number of hydrogen-bond donors (Lipinski definition) is 1. The average molecular weight is 343 g/mol. The van der Waals surface area contributed by atoms with Crippen molar-refractivity contribution in [3.05, 3.63) is 41.8 Å². The van der Waals surface area contributed by atoms with Gasteiger partial charge in [0.25, 0.3) is 0 Å². The van der Waals surface area contributed by atoms with Crippen LogP contribution >= 0.6 is 0 Å². The molecule has 0 amide bonds. The highest BCUT2D eigenvalue weighted by Gasteiger charge is 2.20. The average Bonchev–Trinajstić information content (AvgIpc) is 2.60. The number of para-hydroxylation sites is 1. The molecule has 0 saturated carbocycles.